The van der Waals surface area contributed by atoms with Crippen molar-refractivity contribution in [1.82, 2.24) is 15.5 Å². The zero-order valence-corrected chi connectivity index (χ0v) is 15.3. The number of aryl methyl sites for hydroxylation is 1. The minimum Gasteiger partial charge on any atom is -0.348 e. The van der Waals surface area contributed by atoms with Crippen molar-refractivity contribution in [2.45, 2.75) is 57.4 Å². The third kappa shape index (κ3) is 3.65. The quantitative estimate of drug-likeness (QED) is 0.787. The fraction of sp³-hybridized carbons (Fsp3) is 0.611. The zero-order chi connectivity index (χ0) is 16.7. The Balaban J connectivity index is 0.00000182. The number of nitrogens with two attached hydrogens (primary N) is 1. The number of nitrogens with one attached hydrogen (secondary N) is 1. The molecule has 2 aliphatic rings. The van der Waals surface area contributed by atoms with E-state index >= 15 is 0 Å². The lowest BCUT2D eigenvalue weighted by atomic mass is 10.0. The van der Waals surface area contributed by atoms with Crippen LogP contribution in [0.1, 0.15) is 66.7 Å². The minimum absolute atomic E-state index is 0. The highest BCUT2D eigenvalue weighted by Gasteiger charge is 2.33. The maximum absolute atomic E-state index is 12.9. The fourth-order valence-electron chi connectivity index (χ4n) is 3.32. The molecule has 25 heavy (non-hydrogen) atoms. The molecule has 3 N–H and O–H groups in total. The summed E-state index contributed by atoms with van der Waals surface area (Å²) >= 11 is 0. The van der Waals surface area contributed by atoms with Crippen LogP contribution in [0.15, 0.2) is 10.6 Å². The molecular formula is C18H25ClN4O2. The van der Waals surface area contributed by atoms with Gasteiger partial charge in [-0.1, -0.05) is 18.5 Å². The minimum atomic E-state index is -0.0767. The van der Waals surface area contributed by atoms with E-state index < -0.39 is 0 Å². The molecule has 2 heterocycles. The number of halogens is 1. The van der Waals surface area contributed by atoms with Gasteiger partial charge in [0.15, 0.2) is 0 Å². The van der Waals surface area contributed by atoms with Crippen molar-refractivity contribution in [3.05, 3.63) is 23.0 Å². The third-order valence-electron chi connectivity index (χ3n) is 5.03. The number of nitrogens with zero attached hydrogens (tertiary/aromatic N) is 2. The van der Waals surface area contributed by atoms with Gasteiger partial charge in [0, 0.05) is 24.2 Å². The van der Waals surface area contributed by atoms with Gasteiger partial charge < -0.3 is 15.6 Å². The highest BCUT2D eigenvalue weighted by molar-refractivity contribution is 6.06. The molecule has 7 heteroatoms. The van der Waals surface area contributed by atoms with E-state index in [1.54, 1.807) is 0 Å². The number of hydrogen-bond donors (Lipinski definition) is 2. The number of carbonyl (C=O) groups excluding carboxylic acids is 1. The van der Waals surface area contributed by atoms with Gasteiger partial charge in [-0.3, -0.25) is 4.79 Å². The molecule has 1 atom stereocenters. The number of rotatable bonds is 7. The first kappa shape index (κ1) is 18.1. The summed E-state index contributed by atoms with van der Waals surface area (Å²) in [6.45, 7) is 2.56. The molecule has 2 saturated carbocycles. The Labute approximate surface area is 153 Å². The first-order valence-electron chi connectivity index (χ1n) is 9.01. The Morgan fingerprint density at radius 1 is 1.40 bits per heavy atom. The molecule has 1 amide bonds. The third-order valence-corrected chi connectivity index (χ3v) is 5.03. The van der Waals surface area contributed by atoms with Crippen LogP contribution >= 0.6 is 12.4 Å². The molecule has 0 bridgehead atoms. The van der Waals surface area contributed by atoms with Crippen LogP contribution in [0.2, 0.25) is 0 Å². The van der Waals surface area contributed by atoms with Crippen LogP contribution in [-0.2, 0) is 6.42 Å². The number of amides is 1. The molecule has 0 spiro atoms. The second-order valence-corrected chi connectivity index (χ2v) is 7.08. The first-order valence-corrected chi connectivity index (χ1v) is 9.01. The van der Waals surface area contributed by atoms with Crippen LogP contribution in [-0.4, -0.2) is 28.6 Å². The van der Waals surface area contributed by atoms with Gasteiger partial charge in [0.1, 0.15) is 0 Å². The van der Waals surface area contributed by atoms with Crippen molar-refractivity contribution in [2.75, 3.05) is 6.54 Å². The van der Waals surface area contributed by atoms with Crippen molar-refractivity contribution in [3.63, 3.8) is 0 Å². The summed E-state index contributed by atoms with van der Waals surface area (Å²) < 4.78 is 5.44. The van der Waals surface area contributed by atoms with Gasteiger partial charge in [0.25, 0.3) is 11.6 Å². The molecule has 1 unspecified atom stereocenters. The van der Waals surface area contributed by atoms with E-state index in [2.05, 4.69) is 22.4 Å². The number of pyridine rings is 1. The molecule has 0 radical (unpaired) electrons. The predicted octanol–water partition coefficient (Wildman–Crippen LogP) is 2.94. The Morgan fingerprint density at radius 2 is 2.16 bits per heavy atom. The van der Waals surface area contributed by atoms with Gasteiger partial charge in [-0.2, -0.15) is 0 Å². The summed E-state index contributed by atoms with van der Waals surface area (Å²) in [4.78, 5) is 17.5. The first-order chi connectivity index (χ1) is 11.7. The van der Waals surface area contributed by atoms with Crippen LogP contribution in [0.3, 0.4) is 0 Å². The Kier molecular flexibility index (Phi) is 5.29. The van der Waals surface area contributed by atoms with E-state index in [-0.39, 0.29) is 24.4 Å². The number of carbonyl (C=O) groups is 1. The second-order valence-electron chi connectivity index (χ2n) is 7.08. The van der Waals surface area contributed by atoms with Gasteiger partial charge >= 0.3 is 0 Å². The van der Waals surface area contributed by atoms with Crippen LogP contribution in [0, 0.1) is 5.92 Å². The SMILES string of the molecule is CCCc1noc2nc(C3CC3)cc(C(=O)NC(CN)C3CC3)c12.Cl. The van der Waals surface area contributed by atoms with Crippen LogP contribution in [0.25, 0.3) is 11.1 Å². The summed E-state index contributed by atoms with van der Waals surface area (Å²) in [6.07, 6.45) is 6.28. The summed E-state index contributed by atoms with van der Waals surface area (Å²) in [6, 6.07) is 1.99. The lowest BCUT2D eigenvalue weighted by molar-refractivity contribution is 0.0935. The maximum Gasteiger partial charge on any atom is 0.259 e. The van der Waals surface area contributed by atoms with E-state index in [0.717, 1.165) is 55.3 Å². The highest BCUT2D eigenvalue weighted by atomic mass is 35.5. The molecule has 2 aliphatic carbocycles. The second kappa shape index (κ2) is 7.30. The average Bonchev–Trinajstić information content (AvgIpc) is 3.49. The Bertz CT molecular complexity index is 768. The number of aromatic nitrogens is 2. The van der Waals surface area contributed by atoms with Crippen LogP contribution < -0.4 is 11.1 Å². The summed E-state index contributed by atoms with van der Waals surface area (Å²) in [5.74, 6) is 0.901. The molecule has 2 aromatic heterocycles. The molecule has 0 aromatic carbocycles. The lowest BCUT2D eigenvalue weighted by Crippen LogP contribution is -2.41. The number of fused-ring (bicyclic) bond motifs is 1. The van der Waals surface area contributed by atoms with E-state index in [1.807, 2.05) is 6.07 Å². The zero-order valence-electron chi connectivity index (χ0n) is 14.5. The highest BCUT2D eigenvalue weighted by Crippen LogP contribution is 2.40. The van der Waals surface area contributed by atoms with Gasteiger partial charge in [-0.15, -0.1) is 12.4 Å². The predicted molar refractivity (Wildman–Crippen MR) is 98.1 cm³/mol. The monoisotopic (exact) mass is 364 g/mol. The molecule has 6 nitrogen and oxygen atoms in total. The molecule has 2 fully saturated rings. The van der Waals surface area contributed by atoms with Crippen LogP contribution in [0.4, 0.5) is 0 Å². The summed E-state index contributed by atoms with van der Waals surface area (Å²) in [5, 5.41) is 8.04. The topological polar surface area (TPSA) is 94.0 Å². The summed E-state index contributed by atoms with van der Waals surface area (Å²) in [7, 11) is 0. The van der Waals surface area contributed by atoms with E-state index in [0.29, 0.717) is 29.7 Å². The molecule has 0 saturated heterocycles. The van der Waals surface area contributed by atoms with Crippen molar-refractivity contribution >= 4 is 29.4 Å². The van der Waals surface area contributed by atoms with Crippen molar-refractivity contribution in [3.8, 4) is 0 Å². The normalized spacial score (nSPS) is 18.0. The van der Waals surface area contributed by atoms with Gasteiger partial charge in [0.2, 0.25) is 0 Å². The number of hydrogen-bond acceptors (Lipinski definition) is 5. The largest absolute Gasteiger partial charge is 0.348 e. The average molecular weight is 365 g/mol. The van der Waals surface area contributed by atoms with E-state index in [1.165, 1.54) is 0 Å². The standard InChI is InChI=1S/C18H24N4O2.ClH/c1-2-3-13-16-12(17(23)20-15(9-19)11-6-7-11)8-14(10-4-5-10)21-18(16)24-22-13;/h8,10-11,15H,2-7,9,19H2,1H3,(H,20,23);1H. The van der Waals surface area contributed by atoms with E-state index in [9.17, 15) is 4.79 Å². The molecule has 4 rings (SSSR count). The molecule has 2 aromatic rings. The van der Waals surface area contributed by atoms with Crippen molar-refractivity contribution in [1.29, 1.82) is 0 Å². The van der Waals surface area contributed by atoms with Crippen LogP contribution in [0.5, 0.6) is 0 Å². The van der Waals surface area contributed by atoms with Crippen molar-refractivity contribution < 1.29 is 9.32 Å². The summed E-state index contributed by atoms with van der Waals surface area (Å²) in [5.41, 5.74) is 8.74. The molecular weight excluding hydrogens is 340 g/mol. The lowest BCUT2D eigenvalue weighted by Gasteiger charge is -2.16. The fourth-order valence-corrected chi connectivity index (χ4v) is 3.32. The van der Waals surface area contributed by atoms with Gasteiger partial charge in [0.05, 0.1) is 16.6 Å². The van der Waals surface area contributed by atoms with E-state index in [4.69, 9.17) is 10.3 Å². The Morgan fingerprint density at radius 3 is 2.76 bits per heavy atom. The van der Waals surface area contributed by atoms with Crippen molar-refractivity contribution in [2.24, 2.45) is 11.7 Å². The molecule has 0 aliphatic heterocycles. The maximum atomic E-state index is 12.9. The smallest absolute Gasteiger partial charge is 0.259 e. The molecule has 136 valence electrons. The van der Waals surface area contributed by atoms with Gasteiger partial charge in [-0.25, -0.2) is 4.98 Å². The Hall–Kier alpha value is -1.66. The van der Waals surface area contributed by atoms with Gasteiger partial charge in [-0.05, 0) is 44.1 Å².